The van der Waals surface area contributed by atoms with E-state index in [-0.39, 0.29) is 0 Å². The Hall–Kier alpha value is -2.07. The number of hydrogen-bond donors (Lipinski definition) is 2. The molecule has 0 aliphatic heterocycles. The van der Waals surface area contributed by atoms with Crippen LogP contribution in [0.25, 0.3) is 10.8 Å². The van der Waals surface area contributed by atoms with E-state index in [0.29, 0.717) is 0 Å². The van der Waals surface area contributed by atoms with Crippen molar-refractivity contribution in [3.8, 4) is 0 Å². The molecule has 0 unspecified atom stereocenters. The summed E-state index contributed by atoms with van der Waals surface area (Å²) >= 11 is 3.51. The van der Waals surface area contributed by atoms with Crippen LogP contribution in [0.5, 0.6) is 0 Å². The van der Waals surface area contributed by atoms with Gasteiger partial charge in [0.15, 0.2) is 0 Å². The molecule has 0 aliphatic carbocycles. The quantitative estimate of drug-likeness (QED) is 0.674. The molecule has 3 N–H and O–H groups in total. The number of benzene rings is 2. The third-order valence-electron chi connectivity index (χ3n) is 3.29. The average molecular weight is 328 g/mol. The number of nitrogens with one attached hydrogen (secondary N) is 1. The van der Waals surface area contributed by atoms with Gasteiger partial charge in [0, 0.05) is 44.7 Å². The van der Waals surface area contributed by atoms with Crippen LogP contribution in [0, 0.1) is 6.92 Å². The molecule has 2 aromatic carbocycles. The van der Waals surface area contributed by atoms with E-state index in [1.807, 2.05) is 36.5 Å². The van der Waals surface area contributed by atoms with Gasteiger partial charge in [-0.05, 0) is 48.9 Å². The Bertz CT molecular complexity index is 784. The first-order valence-corrected chi connectivity index (χ1v) is 7.10. The molecule has 0 atom stereocenters. The van der Waals surface area contributed by atoms with E-state index < -0.39 is 0 Å². The number of pyridine rings is 1. The van der Waals surface area contributed by atoms with Crippen molar-refractivity contribution in [2.45, 2.75) is 6.92 Å². The van der Waals surface area contributed by atoms with E-state index in [1.165, 1.54) is 5.56 Å². The molecule has 3 nitrogen and oxygen atoms in total. The molecular formula is C16H14BrN3. The topological polar surface area (TPSA) is 50.9 Å². The zero-order chi connectivity index (χ0) is 14.1. The van der Waals surface area contributed by atoms with E-state index in [9.17, 15) is 0 Å². The smallest absolute Gasteiger partial charge is 0.0481 e. The van der Waals surface area contributed by atoms with Gasteiger partial charge in [0.1, 0.15) is 0 Å². The predicted octanol–water partition coefficient (Wildman–Crippen LogP) is 4.63. The molecule has 0 saturated heterocycles. The summed E-state index contributed by atoms with van der Waals surface area (Å²) in [5, 5.41) is 5.46. The summed E-state index contributed by atoms with van der Waals surface area (Å²) < 4.78 is 1.10. The number of nitrogens with zero attached hydrogens (tertiary/aromatic N) is 1. The molecule has 100 valence electrons. The first-order chi connectivity index (χ1) is 9.65. The fourth-order valence-electron chi connectivity index (χ4n) is 2.20. The number of anilines is 3. The molecular weight excluding hydrogens is 314 g/mol. The van der Waals surface area contributed by atoms with Crippen LogP contribution in [0.15, 0.2) is 53.3 Å². The number of rotatable bonds is 2. The van der Waals surface area contributed by atoms with Crippen LogP contribution in [0.1, 0.15) is 5.56 Å². The van der Waals surface area contributed by atoms with Crippen LogP contribution in [0.3, 0.4) is 0 Å². The number of halogens is 1. The second-order valence-electron chi connectivity index (χ2n) is 4.71. The van der Waals surface area contributed by atoms with Crippen LogP contribution < -0.4 is 11.1 Å². The van der Waals surface area contributed by atoms with Crippen molar-refractivity contribution in [2.75, 3.05) is 11.1 Å². The Labute approximate surface area is 126 Å². The Morgan fingerprint density at radius 3 is 2.75 bits per heavy atom. The third kappa shape index (κ3) is 2.34. The second-order valence-corrected chi connectivity index (χ2v) is 5.57. The molecule has 0 bridgehead atoms. The maximum absolute atomic E-state index is 6.00. The highest BCUT2D eigenvalue weighted by molar-refractivity contribution is 9.10. The monoisotopic (exact) mass is 327 g/mol. The highest BCUT2D eigenvalue weighted by Gasteiger charge is 2.05. The van der Waals surface area contributed by atoms with Gasteiger partial charge in [-0.25, -0.2) is 0 Å². The lowest BCUT2D eigenvalue weighted by atomic mass is 10.1. The minimum absolute atomic E-state index is 0.764. The maximum atomic E-state index is 6.00. The van der Waals surface area contributed by atoms with E-state index in [0.717, 1.165) is 32.3 Å². The summed E-state index contributed by atoms with van der Waals surface area (Å²) in [7, 11) is 0. The summed E-state index contributed by atoms with van der Waals surface area (Å²) in [5.74, 6) is 0. The van der Waals surface area contributed by atoms with Gasteiger partial charge in [0.05, 0.1) is 0 Å². The van der Waals surface area contributed by atoms with Crippen molar-refractivity contribution in [1.29, 1.82) is 0 Å². The molecule has 3 rings (SSSR count). The number of nitrogens with two attached hydrogens (primary N) is 1. The van der Waals surface area contributed by atoms with Crippen molar-refractivity contribution in [3.05, 3.63) is 58.8 Å². The van der Waals surface area contributed by atoms with Crippen LogP contribution >= 0.6 is 15.9 Å². The zero-order valence-electron chi connectivity index (χ0n) is 11.0. The van der Waals surface area contributed by atoms with Crippen LogP contribution in [0.4, 0.5) is 17.1 Å². The zero-order valence-corrected chi connectivity index (χ0v) is 12.6. The summed E-state index contributed by atoms with van der Waals surface area (Å²) in [6, 6.07) is 12.0. The van der Waals surface area contributed by atoms with Gasteiger partial charge in [-0.3, -0.25) is 4.98 Å². The molecule has 3 aromatic rings. The summed E-state index contributed by atoms with van der Waals surface area (Å²) in [5.41, 5.74) is 10.00. The Morgan fingerprint density at radius 1 is 1.10 bits per heavy atom. The fraction of sp³-hybridized carbons (Fsp3) is 0.0625. The number of aromatic nitrogens is 1. The molecule has 0 saturated carbocycles. The lowest BCUT2D eigenvalue weighted by molar-refractivity contribution is 1.36. The standard InChI is InChI=1S/C16H14BrN3/c1-10-8-11(2-3-14(10)17)20-16-5-4-15(18)12-6-7-19-9-13(12)16/h2-9,20H,18H2,1H3. The van der Waals surface area contributed by atoms with Gasteiger partial charge in [-0.1, -0.05) is 15.9 Å². The highest BCUT2D eigenvalue weighted by atomic mass is 79.9. The Kier molecular flexibility index (Phi) is 3.32. The van der Waals surface area contributed by atoms with Crippen molar-refractivity contribution in [3.63, 3.8) is 0 Å². The third-order valence-corrected chi connectivity index (χ3v) is 4.18. The van der Waals surface area contributed by atoms with Crippen LogP contribution in [-0.4, -0.2) is 4.98 Å². The minimum Gasteiger partial charge on any atom is -0.398 e. The first kappa shape index (κ1) is 12.9. The van der Waals surface area contributed by atoms with E-state index in [4.69, 9.17) is 5.73 Å². The van der Waals surface area contributed by atoms with Crippen molar-refractivity contribution in [2.24, 2.45) is 0 Å². The van der Waals surface area contributed by atoms with Crippen molar-refractivity contribution in [1.82, 2.24) is 4.98 Å². The van der Waals surface area contributed by atoms with Crippen LogP contribution in [-0.2, 0) is 0 Å². The van der Waals surface area contributed by atoms with E-state index in [2.05, 4.69) is 39.2 Å². The molecule has 20 heavy (non-hydrogen) atoms. The summed E-state index contributed by atoms with van der Waals surface area (Å²) in [6.45, 7) is 2.07. The van der Waals surface area contributed by atoms with Gasteiger partial charge in [-0.2, -0.15) is 0 Å². The van der Waals surface area contributed by atoms with Gasteiger partial charge in [0.2, 0.25) is 0 Å². The summed E-state index contributed by atoms with van der Waals surface area (Å²) in [6.07, 6.45) is 3.59. The molecule has 1 heterocycles. The molecule has 0 aliphatic rings. The van der Waals surface area contributed by atoms with E-state index in [1.54, 1.807) is 6.20 Å². The number of fused-ring (bicyclic) bond motifs is 1. The van der Waals surface area contributed by atoms with E-state index >= 15 is 0 Å². The average Bonchev–Trinajstić information content (AvgIpc) is 2.46. The van der Waals surface area contributed by atoms with Gasteiger partial charge in [-0.15, -0.1) is 0 Å². The fourth-order valence-corrected chi connectivity index (χ4v) is 2.45. The highest BCUT2D eigenvalue weighted by Crippen LogP contribution is 2.30. The van der Waals surface area contributed by atoms with Gasteiger partial charge < -0.3 is 11.1 Å². The Morgan fingerprint density at radius 2 is 1.95 bits per heavy atom. The molecule has 4 heteroatoms. The maximum Gasteiger partial charge on any atom is 0.0481 e. The lowest BCUT2D eigenvalue weighted by Crippen LogP contribution is -1.95. The lowest BCUT2D eigenvalue weighted by Gasteiger charge is -2.12. The van der Waals surface area contributed by atoms with Crippen LogP contribution in [0.2, 0.25) is 0 Å². The molecule has 0 spiro atoms. The molecule has 0 radical (unpaired) electrons. The SMILES string of the molecule is Cc1cc(Nc2ccc(N)c3ccncc23)ccc1Br. The first-order valence-electron chi connectivity index (χ1n) is 6.30. The molecule has 0 fully saturated rings. The molecule has 1 aromatic heterocycles. The number of hydrogen-bond acceptors (Lipinski definition) is 3. The van der Waals surface area contributed by atoms with Gasteiger partial charge >= 0.3 is 0 Å². The van der Waals surface area contributed by atoms with Gasteiger partial charge in [0.25, 0.3) is 0 Å². The normalized spacial score (nSPS) is 10.7. The number of aryl methyl sites for hydroxylation is 1. The Balaban J connectivity index is 2.06. The second kappa shape index (κ2) is 5.13. The minimum atomic E-state index is 0.764. The number of nitrogen functional groups attached to an aromatic ring is 1. The summed E-state index contributed by atoms with van der Waals surface area (Å²) in [4.78, 5) is 4.18. The van der Waals surface area contributed by atoms with Crippen molar-refractivity contribution < 1.29 is 0 Å². The molecule has 0 amide bonds. The predicted molar refractivity (Wildman–Crippen MR) is 88.3 cm³/mol. The largest absolute Gasteiger partial charge is 0.398 e. The van der Waals surface area contributed by atoms with Crippen molar-refractivity contribution >= 4 is 43.8 Å².